The minimum absolute atomic E-state index is 0.0326. The van der Waals surface area contributed by atoms with E-state index < -0.39 is 11.9 Å². The van der Waals surface area contributed by atoms with Gasteiger partial charge in [-0.15, -0.1) is 0 Å². The molecule has 3 aromatic rings. The highest BCUT2D eigenvalue weighted by molar-refractivity contribution is 6.32. The zero-order valence-electron chi connectivity index (χ0n) is 15.0. The lowest BCUT2D eigenvalue weighted by Gasteiger charge is -2.13. The Morgan fingerprint density at radius 1 is 1.04 bits per heavy atom. The summed E-state index contributed by atoms with van der Waals surface area (Å²) in [6.07, 6.45) is -1.44. The van der Waals surface area contributed by atoms with Crippen LogP contribution in [0.3, 0.4) is 0 Å². The molecule has 7 heteroatoms. The third kappa shape index (κ3) is 3.87. The molecule has 3 nitrogen and oxygen atoms in total. The Morgan fingerprint density at radius 2 is 1.75 bits per heavy atom. The van der Waals surface area contributed by atoms with Crippen LogP contribution in [0.5, 0.6) is 5.75 Å². The number of hydrogen-bond donors (Lipinski definition) is 0. The van der Waals surface area contributed by atoms with Gasteiger partial charge in [0.1, 0.15) is 18.1 Å². The SMILES string of the molecule is FC(F)(F)c1cc(-c2ccccc2)nn1CCOc1cc2c(cc1Cl)CCC2. The Balaban J connectivity index is 1.52. The van der Waals surface area contributed by atoms with Gasteiger partial charge in [-0.2, -0.15) is 18.3 Å². The number of aromatic nitrogens is 2. The lowest BCUT2D eigenvalue weighted by Crippen LogP contribution is -2.18. The van der Waals surface area contributed by atoms with Gasteiger partial charge in [0.15, 0.2) is 0 Å². The van der Waals surface area contributed by atoms with Crippen molar-refractivity contribution >= 4 is 11.6 Å². The van der Waals surface area contributed by atoms with Crippen molar-refractivity contribution in [1.82, 2.24) is 9.78 Å². The normalized spacial score (nSPS) is 13.6. The van der Waals surface area contributed by atoms with Crippen molar-refractivity contribution in [1.29, 1.82) is 0 Å². The first-order chi connectivity index (χ1) is 13.4. The van der Waals surface area contributed by atoms with Gasteiger partial charge in [-0.3, -0.25) is 4.68 Å². The second kappa shape index (κ2) is 7.51. The third-order valence-corrected chi connectivity index (χ3v) is 5.14. The van der Waals surface area contributed by atoms with Crippen LogP contribution in [0.2, 0.25) is 5.02 Å². The summed E-state index contributed by atoms with van der Waals surface area (Å²) in [5.41, 5.74) is 2.53. The van der Waals surface area contributed by atoms with Gasteiger partial charge in [0.05, 0.1) is 17.3 Å². The van der Waals surface area contributed by atoms with E-state index in [1.807, 2.05) is 12.1 Å². The van der Waals surface area contributed by atoms with Gasteiger partial charge in [0, 0.05) is 5.56 Å². The number of fused-ring (bicyclic) bond motifs is 1. The molecule has 1 heterocycles. The van der Waals surface area contributed by atoms with Crippen molar-refractivity contribution < 1.29 is 17.9 Å². The van der Waals surface area contributed by atoms with Gasteiger partial charge in [-0.1, -0.05) is 41.9 Å². The molecule has 1 aliphatic rings. The maximum Gasteiger partial charge on any atom is 0.433 e. The highest BCUT2D eigenvalue weighted by atomic mass is 35.5. The van der Waals surface area contributed by atoms with E-state index >= 15 is 0 Å². The number of nitrogens with zero attached hydrogens (tertiary/aromatic N) is 2. The maximum atomic E-state index is 13.4. The highest BCUT2D eigenvalue weighted by Crippen LogP contribution is 2.34. The van der Waals surface area contributed by atoms with E-state index in [2.05, 4.69) is 5.10 Å². The Hall–Kier alpha value is -2.47. The van der Waals surface area contributed by atoms with Gasteiger partial charge < -0.3 is 4.74 Å². The molecular formula is C21H18ClF3N2O. The van der Waals surface area contributed by atoms with Gasteiger partial charge in [-0.05, 0) is 48.6 Å². The fourth-order valence-electron chi connectivity index (χ4n) is 3.49. The number of benzene rings is 2. The van der Waals surface area contributed by atoms with E-state index in [4.69, 9.17) is 16.3 Å². The number of ether oxygens (including phenoxy) is 1. The van der Waals surface area contributed by atoms with E-state index in [0.29, 0.717) is 16.3 Å². The van der Waals surface area contributed by atoms with Gasteiger partial charge in [0.25, 0.3) is 0 Å². The Morgan fingerprint density at radius 3 is 2.46 bits per heavy atom. The first kappa shape index (κ1) is 18.9. The Labute approximate surface area is 165 Å². The fraction of sp³-hybridized carbons (Fsp3) is 0.286. The molecule has 2 aromatic carbocycles. The average molecular weight is 407 g/mol. The minimum Gasteiger partial charge on any atom is -0.490 e. The number of aryl methyl sites for hydroxylation is 2. The molecule has 4 rings (SSSR count). The Kier molecular flexibility index (Phi) is 5.06. The highest BCUT2D eigenvalue weighted by Gasteiger charge is 2.36. The molecule has 0 N–H and O–H groups in total. The quantitative estimate of drug-likeness (QED) is 0.536. The number of alkyl halides is 3. The molecule has 1 aromatic heterocycles. The number of halogens is 4. The standard InChI is InChI=1S/C21H18ClF3N2O/c22-17-11-15-7-4-8-16(15)12-19(17)28-10-9-27-20(21(23,24)25)13-18(26-27)14-5-2-1-3-6-14/h1-3,5-6,11-13H,4,7-10H2. The number of hydrogen-bond acceptors (Lipinski definition) is 2. The summed E-state index contributed by atoms with van der Waals surface area (Å²) < 4.78 is 46.9. The Bertz CT molecular complexity index is 983. The van der Waals surface area contributed by atoms with Gasteiger partial charge in [-0.25, -0.2) is 0 Å². The topological polar surface area (TPSA) is 27.1 Å². The van der Waals surface area contributed by atoms with Crippen molar-refractivity contribution in [2.75, 3.05) is 6.61 Å². The zero-order chi connectivity index (χ0) is 19.7. The molecule has 28 heavy (non-hydrogen) atoms. The van der Waals surface area contributed by atoms with Crippen molar-refractivity contribution in [2.24, 2.45) is 0 Å². The van der Waals surface area contributed by atoms with E-state index in [1.165, 1.54) is 11.1 Å². The first-order valence-electron chi connectivity index (χ1n) is 9.06. The zero-order valence-corrected chi connectivity index (χ0v) is 15.7. The average Bonchev–Trinajstić information content (AvgIpc) is 3.29. The minimum atomic E-state index is -4.49. The van der Waals surface area contributed by atoms with Crippen LogP contribution in [0, 0.1) is 0 Å². The summed E-state index contributed by atoms with van der Waals surface area (Å²) in [4.78, 5) is 0. The summed E-state index contributed by atoms with van der Waals surface area (Å²) in [5.74, 6) is 0.506. The molecule has 0 saturated heterocycles. The van der Waals surface area contributed by atoms with E-state index in [9.17, 15) is 13.2 Å². The molecular weight excluding hydrogens is 389 g/mol. The van der Waals surface area contributed by atoms with Crippen molar-refractivity contribution in [3.8, 4) is 17.0 Å². The molecule has 0 bridgehead atoms. The van der Waals surface area contributed by atoms with Crippen molar-refractivity contribution in [3.63, 3.8) is 0 Å². The largest absolute Gasteiger partial charge is 0.490 e. The van der Waals surface area contributed by atoms with Crippen LogP contribution >= 0.6 is 11.6 Å². The van der Waals surface area contributed by atoms with E-state index in [0.717, 1.165) is 30.0 Å². The molecule has 0 unspecified atom stereocenters. The van der Waals surface area contributed by atoms with Crippen LogP contribution in [0.15, 0.2) is 48.5 Å². The summed E-state index contributed by atoms with van der Waals surface area (Å²) in [5, 5.41) is 4.63. The third-order valence-electron chi connectivity index (χ3n) is 4.85. The molecule has 0 amide bonds. The van der Waals surface area contributed by atoms with E-state index in [1.54, 1.807) is 30.3 Å². The predicted molar refractivity (Wildman–Crippen MR) is 102 cm³/mol. The smallest absolute Gasteiger partial charge is 0.433 e. The monoisotopic (exact) mass is 406 g/mol. The van der Waals surface area contributed by atoms with Crippen LogP contribution in [-0.4, -0.2) is 16.4 Å². The maximum absolute atomic E-state index is 13.4. The van der Waals surface area contributed by atoms with Crippen molar-refractivity contribution in [2.45, 2.75) is 32.0 Å². The second-order valence-corrected chi connectivity index (χ2v) is 7.16. The van der Waals surface area contributed by atoms with Crippen LogP contribution in [0.25, 0.3) is 11.3 Å². The molecule has 1 aliphatic carbocycles. The fourth-order valence-corrected chi connectivity index (χ4v) is 3.73. The molecule has 0 radical (unpaired) electrons. The summed E-state index contributed by atoms with van der Waals surface area (Å²) in [6, 6.07) is 13.6. The van der Waals surface area contributed by atoms with Crippen LogP contribution in [-0.2, 0) is 25.6 Å². The molecule has 0 atom stereocenters. The summed E-state index contributed by atoms with van der Waals surface area (Å²) >= 11 is 6.25. The number of rotatable bonds is 5. The molecule has 146 valence electrons. The van der Waals surface area contributed by atoms with Gasteiger partial charge >= 0.3 is 6.18 Å². The van der Waals surface area contributed by atoms with Crippen LogP contribution in [0.4, 0.5) is 13.2 Å². The van der Waals surface area contributed by atoms with E-state index in [-0.39, 0.29) is 18.8 Å². The molecule has 0 aliphatic heterocycles. The second-order valence-electron chi connectivity index (χ2n) is 6.76. The van der Waals surface area contributed by atoms with Gasteiger partial charge in [0.2, 0.25) is 0 Å². The molecule has 0 spiro atoms. The van der Waals surface area contributed by atoms with Crippen molar-refractivity contribution in [3.05, 3.63) is 70.4 Å². The summed E-state index contributed by atoms with van der Waals surface area (Å²) in [6.45, 7) is 0.00653. The summed E-state index contributed by atoms with van der Waals surface area (Å²) in [7, 11) is 0. The lowest BCUT2D eigenvalue weighted by atomic mass is 10.1. The first-order valence-corrected chi connectivity index (χ1v) is 9.44. The molecule has 0 fully saturated rings. The van der Waals surface area contributed by atoms with Crippen LogP contribution in [0.1, 0.15) is 23.2 Å². The van der Waals surface area contributed by atoms with Crippen LogP contribution < -0.4 is 4.74 Å². The molecule has 0 saturated carbocycles. The predicted octanol–water partition coefficient (Wildman–Crippen LogP) is 5.79. The lowest BCUT2D eigenvalue weighted by molar-refractivity contribution is -0.144.